The normalized spacial score (nSPS) is 11.1. The van der Waals surface area contributed by atoms with E-state index in [1.165, 1.54) is 0 Å². The van der Waals surface area contributed by atoms with Gasteiger partial charge in [-0.05, 0) is 55.8 Å². The predicted octanol–water partition coefficient (Wildman–Crippen LogP) is 5.79. The second-order valence-corrected chi connectivity index (χ2v) is 8.46. The van der Waals surface area contributed by atoms with Crippen LogP contribution in [0.2, 0.25) is 5.02 Å². The summed E-state index contributed by atoms with van der Waals surface area (Å²) in [5.41, 5.74) is 5.25. The number of halogens is 1. The van der Waals surface area contributed by atoms with Gasteiger partial charge in [0.15, 0.2) is 0 Å². The van der Waals surface area contributed by atoms with Gasteiger partial charge in [-0.1, -0.05) is 53.6 Å². The lowest BCUT2D eigenvalue weighted by atomic mass is 10.1. The van der Waals surface area contributed by atoms with Crippen molar-refractivity contribution in [2.75, 3.05) is 5.32 Å². The average Bonchev–Trinajstić information content (AvgIpc) is 3.33. The number of benzene rings is 3. The van der Waals surface area contributed by atoms with Crippen molar-refractivity contribution < 1.29 is 4.79 Å². The number of imidazole rings is 1. The molecule has 1 amide bonds. The van der Waals surface area contributed by atoms with Crippen molar-refractivity contribution in [2.24, 2.45) is 0 Å². The molecule has 2 heterocycles. The molecular weight excluding hydrogens is 434 g/mol. The van der Waals surface area contributed by atoms with Gasteiger partial charge >= 0.3 is 0 Å². The third kappa shape index (κ3) is 4.25. The smallest absolute Gasteiger partial charge is 0.256 e. The highest BCUT2D eigenvalue weighted by Gasteiger charge is 2.19. The van der Waals surface area contributed by atoms with Crippen LogP contribution < -0.4 is 5.32 Å². The number of carbonyl (C=O) groups is 1. The summed E-state index contributed by atoms with van der Waals surface area (Å²) in [6, 6.07) is 25.0. The summed E-state index contributed by atoms with van der Waals surface area (Å²) >= 11 is 6.23. The number of nitrogens with zero attached hydrogens (tertiary/aromatic N) is 4. The van der Waals surface area contributed by atoms with Crippen molar-refractivity contribution in [1.82, 2.24) is 19.3 Å². The van der Waals surface area contributed by atoms with Crippen LogP contribution >= 0.6 is 11.6 Å². The minimum Gasteiger partial charge on any atom is -0.306 e. The molecule has 0 saturated carbocycles. The molecule has 0 unspecified atom stereocenters. The summed E-state index contributed by atoms with van der Waals surface area (Å²) in [6.45, 7) is 4.41. The molecule has 3 aromatic carbocycles. The number of aromatic nitrogens is 4. The highest BCUT2D eigenvalue weighted by molar-refractivity contribution is 6.30. The minimum atomic E-state index is -0.197. The molecule has 0 spiro atoms. The molecule has 0 aliphatic heterocycles. The summed E-state index contributed by atoms with van der Waals surface area (Å²) in [5.74, 6) is 0.975. The van der Waals surface area contributed by atoms with Gasteiger partial charge in [0.05, 0.1) is 23.3 Å². The van der Waals surface area contributed by atoms with E-state index in [1.807, 2.05) is 86.6 Å². The molecule has 0 atom stereocenters. The average molecular weight is 456 g/mol. The summed E-state index contributed by atoms with van der Waals surface area (Å²) in [4.78, 5) is 17.8. The van der Waals surface area contributed by atoms with Gasteiger partial charge in [-0.15, -0.1) is 0 Å². The van der Waals surface area contributed by atoms with Gasteiger partial charge in [0, 0.05) is 16.7 Å². The molecule has 0 aliphatic rings. The molecule has 164 valence electrons. The third-order valence-corrected chi connectivity index (χ3v) is 5.64. The zero-order chi connectivity index (χ0) is 22.9. The van der Waals surface area contributed by atoms with Gasteiger partial charge in [0.2, 0.25) is 5.95 Å². The lowest BCUT2D eigenvalue weighted by Gasteiger charge is -2.12. The zero-order valence-electron chi connectivity index (χ0n) is 18.3. The van der Waals surface area contributed by atoms with Crippen molar-refractivity contribution in [2.45, 2.75) is 20.4 Å². The van der Waals surface area contributed by atoms with Gasteiger partial charge in [-0.2, -0.15) is 9.78 Å². The SMILES string of the molecule is Cc1cccc(C(=O)Nc2cc(C)nn2-c2nc3ccccc3n2Cc2cccc(Cl)c2)c1. The van der Waals surface area contributed by atoms with Crippen LogP contribution in [0.15, 0.2) is 78.9 Å². The molecule has 5 rings (SSSR count). The van der Waals surface area contributed by atoms with Crippen LogP contribution in [0, 0.1) is 13.8 Å². The largest absolute Gasteiger partial charge is 0.306 e. The standard InChI is InChI=1S/C26H22ClN5O/c1-17-7-5-9-20(13-17)25(33)29-24-14-18(2)30-32(24)26-28-22-11-3-4-12-23(22)31(26)16-19-8-6-10-21(27)15-19/h3-15H,16H2,1-2H3,(H,29,33). The van der Waals surface area contributed by atoms with E-state index < -0.39 is 0 Å². The number of amides is 1. The van der Waals surface area contributed by atoms with E-state index in [2.05, 4.69) is 15.0 Å². The van der Waals surface area contributed by atoms with E-state index in [-0.39, 0.29) is 5.91 Å². The first kappa shape index (κ1) is 21.0. The van der Waals surface area contributed by atoms with Crippen molar-refractivity contribution in [3.63, 3.8) is 0 Å². The topological polar surface area (TPSA) is 64.7 Å². The lowest BCUT2D eigenvalue weighted by molar-refractivity contribution is 0.102. The summed E-state index contributed by atoms with van der Waals surface area (Å²) in [6.07, 6.45) is 0. The number of fused-ring (bicyclic) bond motifs is 1. The number of anilines is 1. The zero-order valence-corrected chi connectivity index (χ0v) is 19.0. The fraction of sp³-hybridized carbons (Fsp3) is 0.115. The Kier molecular flexibility index (Phi) is 5.44. The maximum atomic E-state index is 13.0. The number of hydrogen-bond donors (Lipinski definition) is 1. The summed E-state index contributed by atoms with van der Waals surface area (Å²) in [7, 11) is 0. The van der Waals surface area contributed by atoms with E-state index in [0.717, 1.165) is 27.9 Å². The highest BCUT2D eigenvalue weighted by Crippen LogP contribution is 2.25. The van der Waals surface area contributed by atoms with Gasteiger partial charge in [-0.25, -0.2) is 4.98 Å². The number of nitrogens with one attached hydrogen (secondary N) is 1. The Hall–Kier alpha value is -3.90. The first-order valence-electron chi connectivity index (χ1n) is 10.6. The number of carbonyl (C=O) groups excluding carboxylic acids is 1. The Morgan fingerprint density at radius 1 is 0.970 bits per heavy atom. The molecule has 0 bridgehead atoms. The van der Waals surface area contributed by atoms with Crippen molar-refractivity contribution in [3.05, 3.63) is 106 Å². The molecule has 0 saturated heterocycles. The van der Waals surface area contributed by atoms with Crippen LogP contribution in [0.4, 0.5) is 5.82 Å². The molecule has 1 N–H and O–H groups in total. The van der Waals surface area contributed by atoms with E-state index >= 15 is 0 Å². The molecule has 0 fully saturated rings. The molecule has 6 nitrogen and oxygen atoms in total. The summed E-state index contributed by atoms with van der Waals surface area (Å²) in [5, 5.41) is 8.34. The quantitative estimate of drug-likeness (QED) is 0.364. The number of para-hydroxylation sites is 2. The van der Waals surface area contributed by atoms with Crippen molar-refractivity contribution in [1.29, 1.82) is 0 Å². The number of aryl methyl sites for hydroxylation is 2. The Bertz CT molecular complexity index is 1480. The van der Waals surface area contributed by atoms with Crippen molar-refractivity contribution >= 4 is 34.4 Å². The first-order valence-corrected chi connectivity index (χ1v) is 11.0. The minimum absolute atomic E-state index is 0.197. The first-order chi connectivity index (χ1) is 16.0. The van der Waals surface area contributed by atoms with Crippen LogP contribution in [-0.2, 0) is 6.54 Å². The van der Waals surface area contributed by atoms with Crippen LogP contribution in [0.25, 0.3) is 17.0 Å². The summed E-state index contributed by atoms with van der Waals surface area (Å²) < 4.78 is 3.77. The van der Waals surface area contributed by atoms with Crippen LogP contribution in [0.1, 0.15) is 27.2 Å². The Balaban J connectivity index is 1.59. The number of hydrogen-bond acceptors (Lipinski definition) is 3. The molecule has 7 heteroatoms. The molecule has 33 heavy (non-hydrogen) atoms. The Labute approximate surface area is 196 Å². The monoisotopic (exact) mass is 455 g/mol. The predicted molar refractivity (Wildman–Crippen MR) is 131 cm³/mol. The Morgan fingerprint density at radius 2 is 1.79 bits per heavy atom. The fourth-order valence-corrected chi connectivity index (χ4v) is 4.13. The second-order valence-electron chi connectivity index (χ2n) is 8.02. The van der Waals surface area contributed by atoms with Gasteiger partial charge in [0.25, 0.3) is 5.91 Å². The molecule has 2 aromatic heterocycles. The van der Waals surface area contributed by atoms with Crippen LogP contribution in [0.3, 0.4) is 0 Å². The van der Waals surface area contributed by atoms with Gasteiger partial charge in [-0.3, -0.25) is 4.79 Å². The molecule has 0 aliphatic carbocycles. The number of rotatable bonds is 5. The molecule has 5 aromatic rings. The van der Waals surface area contributed by atoms with E-state index in [4.69, 9.17) is 16.6 Å². The molecular formula is C26H22ClN5O. The van der Waals surface area contributed by atoms with Crippen LogP contribution in [-0.4, -0.2) is 25.2 Å². The van der Waals surface area contributed by atoms with Gasteiger partial charge in [0.1, 0.15) is 5.82 Å². The molecule has 0 radical (unpaired) electrons. The van der Waals surface area contributed by atoms with E-state index in [0.29, 0.717) is 28.9 Å². The van der Waals surface area contributed by atoms with Gasteiger partial charge < -0.3 is 9.88 Å². The fourth-order valence-electron chi connectivity index (χ4n) is 3.91. The lowest BCUT2D eigenvalue weighted by Crippen LogP contribution is -2.17. The van der Waals surface area contributed by atoms with E-state index in [9.17, 15) is 4.79 Å². The maximum Gasteiger partial charge on any atom is 0.256 e. The van der Waals surface area contributed by atoms with Crippen molar-refractivity contribution in [3.8, 4) is 5.95 Å². The third-order valence-electron chi connectivity index (χ3n) is 5.41. The van der Waals surface area contributed by atoms with E-state index in [1.54, 1.807) is 10.7 Å². The second kappa shape index (κ2) is 8.56. The Morgan fingerprint density at radius 3 is 2.61 bits per heavy atom. The maximum absolute atomic E-state index is 13.0. The van der Waals surface area contributed by atoms with Crippen LogP contribution in [0.5, 0.6) is 0 Å². The highest BCUT2D eigenvalue weighted by atomic mass is 35.5.